The van der Waals surface area contributed by atoms with Gasteiger partial charge in [-0.05, 0) is 99.3 Å². The van der Waals surface area contributed by atoms with E-state index in [0.29, 0.717) is 10.1 Å². The molecule has 0 aromatic heterocycles. The molecule has 9 heteroatoms. The standard InChI is InChI=1S/C31H37ClN6OS/c1-36-17-15-28(16-18-36)38-21-19-37(20-22-38)27-13-11-25(12-14-27)33-30(39)29(23-5-3-2-4-6-23)35-31(40)34-26-9-7-24(32)8-10-26/h2-14,28-29H,15-22H2,1H3,(H,33,39)(H2,34,35,40). The Morgan fingerprint density at radius 1 is 0.825 bits per heavy atom. The SMILES string of the molecule is CN1CCC(N2CCN(c3ccc(NC(=O)C(NC(=S)Nc4ccc(Cl)cc4)c4ccccc4)cc3)CC2)CC1. The molecule has 2 fully saturated rings. The number of thiocarbonyl (C=S) groups is 1. The van der Waals surface area contributed by atoms with Crippen LogP contribution in [-0.4, -0.2) is 73.2 Å². The molecule has 1 amide bonds. The zero-order valence-electron chi connectivity index (χ0n) is 22.9. The first-order valence-electron chi connectivity index (χ1n) is 13.9. The number of likely N-dealkylation sites (tertiary alicyclic amines) is 1. The van der Waals surface area contributed by atoms with Crippen LogP contribution in [0.2, 0.25) is 5.02 Å². The Labute approximate surface area is 247 Å². The number of hydrogen-bond donors (Lipinski definition) is 3. The van der Waals surface area contributed by atoms with Gasteiger partial charge in [0.1, 0.15) is 6.04 Å². The number of nitrogens with zero attached hydrogens (tertiary/aromatic N) is 3. The zero-order valence-corrected chi connectivity index (χ0v) is 24.4. The lowest BCUT2D eigenvalue weighted by Crippen LogP contribution is -2.53. The highest BCUT2D eigenvalue weighted by Crippen LogP contribution is 2.24. The lowest BCUT2D eigenvalue weighted by atomic mass is 10.0. The summed E-state index contributed by atoms with van der Waals surface area (Å²) >= 11 is 11.5. The number of nitrogens with one attached hydrogen (secondary N) is 3. The Morgan fingerprint density at radius 2 is 1.43 bits per heavy atom. The lowest BCUT2D eigenvalue weighted by molar-refractivity contribution is -0.117. The van der Waals surface area contributed by atoms with Crippen molar-refractivity contribution in [3.8, 4) is 0 Å². The van der Waals surface area contributed by atoms with Gasteiger partial charge in [0.15, 0.2) is 5.11 Å². The normalized spacial score (nSPS) is 17.7. The van der Waals surface area contributed by atoms with E-state index in [-0.39, 0.29) is 5.91 Å². The number of rotatable bonds is 7. The van der Waals surface area contributed by atoms with Crippen LogP contribution in [0.25, 0.3) is 0 Å². The molecule has 2 saturated heterocycles. The highest BCUT2D eigenvalue weighted by Gasteiger charge is 2.27. The average Bonchev–Trinajstić information content (AvgIpc) is 2.98. The number of benzene rings is 3. The molecular formula is C31H37ClN6OS. The number of amides is 1. The van der Waals surface area contributed by atoms with Crippen LogP contribution in [0.4, 0.5) is 17.1 Å². The maximum Gasteiger partial charge on any atom is 0.251 e. The summed E-state index contributed by atoms with van der Waals surface area (Å²) in [5.74, 6) is -0.189. The van der Waals surface area contributed by atoms with Gasteiger partial charge < -0.3 is 25.8 Å². The van der Waals surface area contributed by atoms with Crippen molar-refractivity contribution < 1.29 is 4.79 Å². The Bertz CT molecular complexity index is 1260. The third kappa shape index (κ3) is 7.52. The smallest absolute Gasteiger partial charge is 0.251 e. The molecule has 1 atom stereocenters. The molecule has 40 heavy (non-hydrogen) atoms. The summed E-state index contributed by atoms with van der Waals surface area (Å²) in [6.45, 7) is 6.64. The Kier molecular flexibility index (Phi) is 9.54. The highest BCUT2D eigenvalue weighted by atomic mass is 35.5. The van der Waals surface area contributed by atoms with Gasteiger partial charge in [0.05, 0.1) is 0 Å². The summed E-state index contributed by atoms with van der Waals surface area (Å²) in [6, 6.07) is 25.0. The maximum atomic E-state index is 13.4. The second-order valence-electron chi connectivity index (χ2n) is 10.5. The van der Waals surface area contributed by atoms with Gasteiger partial charge >= 0.3 is 0 Å². The quantitative estimate of drug-likeness (QED) is 0.333. The predicted octanol–water partition coefficient (Wildman–Crippen LogP) is 5.22. The summed E-state index contributed by atoms with van der Waals surface area (Å²) in [5, 5.41) is 10.4. The van der Waals surface area contributed by atoms with Crippen LogP contribution in [0.3, 0.4) is 0 Å². The number of carbonyl (C=O) groups excluding carboxylic acids is 1. The monoisotopic (exact) mass is 576 g/mol. The van der Waals surface area contributed by atoms with Crippen LogP contribution >= 0.6 is 23.8 Å². The fourth-order valence-electron chi connectivity index (χ4n) is 5.45. The van der Waals surface area contributed by atoms with Gasteiger partial charge in [0.2, 0.25) is 0 Å². The molecule has 5 rings (SSSR count). The first-order valence-corrected chi connectivity index (χ1v) is 14.7. The molecule has 0 radical (unpaired) electrons. The minimum absolute atomic E-state index is 0.189. The fourth-order valence-corrected chi connectivity index (χ4v) is 5.81. The molecule has 7 nitrogen and oxygen atoms in total. The number of piperidine rings is 1. The molecule has 210 valence electrons. The molecule has 0 saturated carbocycles. The van der Waals surface area contributed by atoms with E-state index >= 15 is 0 Å². The van der Waals surface area contributed by atoms with E-state index in [0.717, 1.165) is 49.2 Å². The third-order valence-electron chi connectivity index (χ3n) is 7.79. The van der Waals surface area contributed by atoms with Gasteiger partial charge in [-0.1, -0.05) is 41.9 Å². The summed E-state index contributed by atoms with van der Waals surface area (Å²) in [7, 11) is 2.22. The number of anilines is 3. The van der Waals surface area contributed by atoms with Crippen molar-refractivity contribution in [3.05, 3.63) is 89.4 Å². The van der Waals surface area contributed by atoms with Crippen LogP contribution in [0, 0.1) is 0 Å². The van der Waals surface area contributed by atoms with Gasteiger partial charge in [-0.25, -0.2) is 0 Å². The van der Waals surface area contributed by atoms with Crippen molar-refractivity contribution in [2.24, 2.45) is 0 Å². The highest BCUT2D eigenvalue weighted by molar-refractivity contribution is 7.80. The fraction of sp³-hybridized carbons (Fsp3) is 0.355. The van der Waals surface area contributed by atoms with Crippen molar-refractivity contribution in [2.45, 2.75) is 24.9 Å². The largest absolute Gasteiger partial charge is 0.369 e. The van der Waals surface area contributed by atoms with Crippen LogP contribution in [0.1, 0.15) is 24.4 Å². The summed E-state index contributed by atoms with van der Waals surface area (Å²) in [5.41, 5.74) is 3.54. The molecule has 0 aliphatic carbocycles. The molecular weight excluding hydrogens is 540 g/mol. The maximum absolute atomic E-state index is 13.4. The van der Waals surface area contributed by atoms with E-state index in [2.05, 4.69) is 49.8 Å². The van der Waals surface area contributed by atoms with Crippen LogP contribution in [0.15, 0.2) is 78.9 Å². The molecule has 3 N–H and O–H groups in total. The van der Waals surface area contributed by atoms with E-state index < -0.39 is 6.04 Å². The molecule has 3 aromatic carbocycles. The topological polar surface area (TPSA) is 62.9 Å². The second-order valence-corrected chi connectivity index (χ2v) is 11.4. The zero-order chi connectivity index (χ0) is 27.9. The van der Waals surface area contributed by atoms with Crippen molar-refractivity contribution in [1.29, 1.82) is 0 Å². The predicted molar refractivity (Wildman–Crippen MR) is 169 cm³/mol. The first kappa shape index (κ1) is 28.4. The minimum atomic E-state index is -0.666. The Hall–Kier alpha value is -3.17. The van der Waals surface area contributed by atoms with Crippen molar-refractivity contribution >= 4 is 51.9 Å². The van der Waals surface area contributed by atoms with Crippen LogP contribution in [-0.2, 0) is 4.79 Å². The molecule has 3 aromatic rings. The number of carbonyl (C=O) groups is 1. The number of halogens is 1. The molecule has 2 aliphatic rings. The summed E-state index contributed by atoms with van der Waals surface area (Å²) < 4.78 is 0. The van der Waals surface area contributed by atoms with Crippen molar-refractivity contribution in [2.75, 3.05) is 61.8 Å². The van der Waals surface area contributed by atoms with E-state index in [1.165, 1.54) is 31.6 Å². The number of piperazine rings is 1. The van der Waals surface area contributed by atoms with E-state index in [1.807, 2.05) is 54.6 Å². The number of hydrogen-bond acceptors (Lipinski definition) is 5. The lowest BCUT2D eigenvalue weighted by Gasteiger charge is -2.42. The minimum Gasteiger partial charge on any atom is -0.369 e. The van der Waals surface area contributed by atoms with E-state index in [1.54, 1.807) is 12.1 Å². The van der Waals surface area contributed by atoms with Gasteiger partial charge in [0, 0.05) is 54.3 Å². The summed E-state index contributed by atoms with van der Waals surface area (Å²) in [4.78, 5) is 21.0. The van der Waals surface area contributed by atoms with Crippen LogP contribution < -0.4 is 20.9 Å². The van der Waals surface area contributed by atoms with E-state index in [4.69, 9.17) is 23.8 Å². The second kappa shape index (κ2) is 13.5. The Balaban J connectivity index is 1.18. The van der Waals surface area contributed by atoms with Crippen molar-refractivity contribution in [3.63, 3.8) is 0 Å². The third-order valence-corrected chi connectivity index (χ3v) is 8.26. The van der Waals surface area contributed by atoms with E-state index in [9.17, 15) is 4.79 Å². The van der Waals surface area contributed by atoms with Gasteiger partial charge in [0.25, 0.3) is 5.91 Å². The van der Waals surface area contributed by atoms with Crippen LogP contribution in [0.5, 0.6) is 0 Å². The Morgan fingerprint density at radius 3 is 2.08 bits per heavy atom. The molecule has 0 bridgehead atoms. The molecule has 1 unspecified atom stereocenters. The first-order chi connectivity index (χ1) is 19.4. The van der Waals surface area contributed by atoms with Gasteiger partial charge in [-0.3, -0.25) is 9.69 Å². The van der Waals surface area contributed by atoms with Gasteiger partial charge in [-0.2, -0.15) is 0 Å². The molecule has 0 spiro atoms. The average molecular weight is 577 g/mol. The molecule has 2 heterocycles. The summed E-state index contributed by atoms with van der Waals surface area (Å²) in [6.07, 6.45) is 2.54. The van der Waals surface area contributed by atoms with Crippen molar-refractivity contribution in [1.82, 2.24) is 15.1 Å². The van der Waals surface area contributed by atoms with Gasteiger partial charge in [-0.15, -0.1) is 0 Å². The molecule has 2 aliphatic heterocycles.